The number of halogens is 1. The van der Waals surface area contributed by atoms with E-state index in [0.717, 1.165) is 0 Å². The van der Waals surface area contributed by atoms with E-state index in [2.05, 4.69) is 10.3 Å². The van der Waals surface area contributed by atoms with E-state index >= 15 is 0 Å². The van der Waals surface area contributed by atoms with Gasteiger partial charge in [-0.3, -0.25) is 4.79 Å². The number of pyridine rings is 1. The minimum atomic E-state index is -0.409. The third kappa shape index (κ3) is 3.48. The van der Waals surface area contributed by atoms with Crippen molar-refractivity contribution in [3.8, 4) is 5.88 Å². The van der Waals surface area contributed by atoms with Crippen LogP contribution in [0.15, 0.2) is 34.9 Å². The molecule has 0 radical (unpaired) electrons. The van der Waals surface area contributed by atoms with Crippen molar-refractivity contribution in [3.63, 3.8) is 0 Å². The maximum absolute atomic E-state index is 11.9. The molecule has 0 aliphatic heterocycles. The van der Waals surface area contributed by atoms with E-state index in [1.54, 1.807) is 18.3 Å². The van der Waals surface area contributed by atoms with Gasteiger partial charge in [-0.25, -0.2) is 4.98 Å². The zero-order valence-electron chi connectivity index (χ0n) is 10.5. The van der Waals surface area contributed by atoms with Crippen molar-refractivity contribution in [3.05, 3.63) is 41.4 Å². The minimum Gasteiger partial charge on any atom is -0.473 e. The van der Waals surface area contributed by atoms with Gasteiger partial charge in [0, 0.05) is 6.20 Å². The first kappa shape index (κ1) is 13.4. The highest BCUT2D eigenvalue weighted by molar-refractivity contribution is 6.29. The number of hydrogen-bond acceptors (Lipinski definition) is 4. The van der Waals surface area contributed by atoms with Gasteiger partial charge in [-0.05, 0) is 49.7 Å². The number of furan rings is 1. The van der Waals surface area contributed by atoms with Crippen LogP contribution in [0.1, 0.15) is 24.4 Å². The highest BCUT2D eigenvalue weighted by atomic mass is 35.5. The van der Waals surface area contributed by atoms with Crippen LogP contribution in [0.5, 0.6) is 5.88 Å². The van der Waals surface area contributed by atoms with Crippen molar-refractivity contribution >= 4 is 23.2 Å². The van der Waals surface area contributed by atoms with Gasteiger partial charge in [0.1, 0.15) is 5.69 Å². The first-order chi connectivity index (χ1) is 9.06. The van der Waals surface area contributed by atoms with Crippen LogP contribution in [0.3, 0.4) is 0 Å². The van der Waals surface area contributed by atoms with Crippen LogP contribution in [-0.4, -0.2) is 17.0 Å². The summed E-state index contributed by atoms with van der Waals surface area (Å²) in [7, 11) is 0. The molecule has 0 aliphatic carbocycles. The van der Waals surface area contributed by atoms with Crippen molar-refractivity contribution in [1.29, 1.82) is 0 Å². The molecule has 100 valence electrons. The fourth-order valence-corrected chi connectivity index (χ4v) is 1.57. The Labute approximate surface area is 115 Å². The molecular formula is C13H13ClN2O3. The molecule has 19 heavy (non-hydrogen) atoms. The molecule has 2 rings (SSSR count). The van der Waals surface area contributed by atoms with Crippen molar-refractivity contribution in [2.24, 2.45) is 0 Å². The summed E-state index contributed by atoms with van der Waals surface area (Å²) in [5.41, 5.74) is 0.480. The van der Waals surface area contributed by atoms with Crippen molar-refractivity contribution in [2.45, 2.75) is 20.0 Å². The molecule has 0 bridgehead atoms. The number of ether oxygens (including phenoxy) is 1. The van der Waals surface area contributed by atoms with E-state index < -0.39 is 5.91 Å². The van der Waals surface area contributed by atoms with Gasteiger partial charge in [-0.15, -0.1) is 0 Å². The molecule has 0 atom stereocenters. The molecule has 0 spiro atoms. The van der Waals surface area contributed by atoms with Crippen LogP contribution in [0, 0.1) is 0 Å². The number of aromatic nitrogens is 1. The molecule has 1 N–H and O–H groups in total. The van der Waals surface area contributed by atoms with Crippen LogP contribution in [0.2, 0.25) is 5.22 Å². The van der Waals surface area contributed by atoms with Gasteiger partial charge in [-0.2, -0.15) is 0 Å². The van der Waals surface area contributed by atoms with Gasteiger partial charge in [0.25, 0.3) is 5.91 Å². The van der Waals surface area contributed by atoms with Crippen molar-refractivity contribution in [2.75, 3.05) is 5.32 Å². The summed E-state index contributed by atoms with van der Waals surface area (Å²) in [5, 5.41) is 2.83. The second-order valence-corrected chi connectivity index (χ2v) is 4.45. The second-order valence-electron chi connectivity index (χ2n) is 4.08. The van der Waals surface area contributed by atoms with Gasteiger partial charge in [0.05, 0.1) is 6.10 Å². The molecule has 0 saturated heterocycles. The molecule has 2 heterocycles. The number of hydrogen-bond donors (Lipinski definition) is 1. The van der Waals surface area contributed by atoms with Gasteiger partial charge in [0.2, 0.25) is 5.88 Å². The van der Waals surface area contributed by atoms with E-state index in [1.807, 2.05) is 13.8 Å². The zero-order chi connectivity index (χ0) is 13.8. The maximum atomic E-state index is 11.9. The molecule has 0 saturated carbocycles. The van der Waals surface area contributed by atoms with Crippen LogP contribution >= 0.6 is 11.6 Å². The monoisotopic (exact) mass is 280 g/mol. The Balaban J connectivity index is 2.16. The van der Waals surface area contributed by atoms with Crippen LogP contribution in [0.25, 0.3) is 0 Å². The summed E-state index contributed by atoms with van der Waals surface area (Å²) in [5.74, 6) is 0.0846. The number of amides is 1. The van der Waals surface area contributed by atoms with Crippen LogP contribution < -0.4 is 10.1 Å². The SMILES string of the molecule is CC(C)Oc1ncccc1NC(=O)c1ccc(Cl)o1. The van der Waals surface area contributed by atoms with Gasteiger partial charge >= 0.3 is 0 Å². The number of carbonyl (C=O) groups is 1. The summed E-state index contributed by atoms with van der Waals surface area (Å²) in [4.78, 5) is 16.0. The summed E-state index contributed by atoms with van der Waals surface area (Å²) in [6.07, 6.45) is 1.56. The minimum absolute atomic E-state index is 0.0383. The molecule has 0 aliphatic rings. The first-order valence-electron chi connectivity index (χ1n) is 5.74. The summed E-state index contributed by atoms with van der Waals surface area (Å²) in [6.45, 7) is 3.76. The molecule has 6 heteroatoms. The van der Waals surface area contributed by atoms with E-state index in [1.165, 1.54) is 12.1 Å². The molecule has 2 aromatic rings. The Kier molecular flexibility index (Phi) is 4.06. The number of rotatable bonds is 4. The predicted octanol–water partition coefficient (Wildman–Crippen LogP) is 3.37. The zero-order valence-corrected chi connectivity index (χ0v) is 11.3. The molecule has 0 aromatic carbocycles. The average molecular weight is 281 g/mol. The fourth-order valence-electron chi connectivity index (χ4n) is 1.42. The van der Waals surface area contributed by atoms with Crippen molar-refractivity contribution in [1.82, 2.24) is 4.98 Å². The Morgan fingerprint density at radius 1 is 1.42 bits per heavy atom. The van der Waals surface area contributed by atoms with Crippen LogP contribution in [0.4, 0.5) is 5.69 Å². The number of carbonyl (C=O) groups excluding carboxylic acids is 1. The summed E-state index contributed by atoms with van der Waals surface area (Å²) < 4.78 is 10.5. The second kappa shape index (κ2) is 5.75. The first-order valence-corrected chi connectivity index (χ1v) is 6.12. The molecule has 2 aromatic heterocycles. The summed E-state index contributed by atoms with van der Waals surface area (Å²) >= 11 is 5.62. The lowest BCUT2D eigenvalue weighted by atomic mass is 10.3. The molecule has 1 amide bonds. The van der Waals surface area contributed by atoms with Crippen molar-refractivity contribution < 1.29 is 13.9 Å². The van der Waals surface area contributed by atoms with E-state index in [-0.39, 0.29) is 17.1 Å². The number of nitrogens with one attached hydrogen (secondary N) is 1. The lowest BCUT2D eigenvalue weighted by Crippen LogP contribution is -2.14. The fraction of sp³-hybridized carbons (Fsp3) is 0.231. The molecular weight excluding hydrogens is 268 g/mol. The third-order valence-corrected chi connectivity index (χ3v) is 2.37. The quantitative estimate of drug-likeness (QED) is 0.932. The Hall–Kier alpha value is -2.01. The average Bonchev–Trinajstić information content (AvgIpc) is 2.78. The number of nitrogens with zero attached hydrogens (tertiary/aromatic N) is 1. The van der Waals surface area contributed by atoms with E-state index in [4.69, 9.17) is 20.8 Å². The van der Waals surface area contributed by atoms with Gasteiger partial charge < -0.3 is 14.5 Å². The van der Waals surface area contributed by atoms with Gasteiger partial charge in [-0.1, -0.05) is 0 Å². The summed E-state index contributed by atoms with van der Waals surface area (Å²) in [6, 6.07) is 6.41. The molecule has 5 nitrogen and oxygen atoms in total. The van der Waals surface area contributed by atoms with E-state index in [9.17, 15) is 4.79 Å². The maximum Gasteiger partial charge on any atom is 0.291 e. The van der Waals surface area contributed by atoms with Crippen LogP contribution in [-0.2, 0) is 0 Å². The smallest absolute Gasteiger partial charge is 0.291 e. The normalized spacial score (nSPS) is 10.5. The molecule has 0 unspecified atom stereocenters. The topological polar surface area (TPSA) is 64.4 Å². The van der Waals surface area contributed by atoms with E-state index in [0.29, 0.717) is 11.6 Å². The lowest BCUT2D eigenvalue weighted by molar-refractivity contribution is 0.0995. The molecule has 0 fully saturated rings. The lowest BCUT2D eigenvalue weighted by Gasteiger charge is -2.12. The highest BCUT2D eigenvalue weighted by Gasteiger charge is 2.14. The Bertz CT molecular complexity index is 581. The number of anilines is 1. The standard InChI is InChI=1S/C13H13ClN2O3/c1-8(2)18-13-9(4-3-7-15-13)16-12(17)10-5-6-11(14)19-10/h3-8H,1-2H3,(H,16,17). The Morgan fingerprint density at radius 3 is 2.84 bits per heavy atom. The third-order valence-electron chi connectivity index (χ3n) is 2.16. The predicted molar refractivity (Wildman–Crippen MR) is 71.7 cm³/mol. The largest absolute Gasteiger partial charge is 0.473 e. The Morgan fingerprint density at radius 2 is 2.21 bits per heavy atom. The highest BCUT2D eigenvalue weighted by Crippen LogP contribution is 2.23. The van der Waals surface area contributed by atoms with Gasteiger partial charge in [0.15, 0.2) is 11.0 Å².